The Hall–Kier alpha value is -1.79. The van der Waals surface area contributed by atoms with Crippen molar-refractivity contribution < 1.29 is 13.2 Å². The van der Waals surface area contributed by atoms with E-state index in [4.69, 9.17) is 23.2 Å². The third kappa shape index (κ3) is 2.64. The SMILES string of the molecule is FC(F)(F)c1nc2cccnc2n1Cc1c(Cl)cccc1Cl. The van der Waals surface area contributed by atoms with Crippen LogP contribution >= 0.6 is 23.2 Å². The van der Waals surface area contributed by atoms with Gasteiger partial charge < -0.3 is 4.57 Å². The standard InChI is InChI=1S/C14H8Cl2F3N3/c15-9-3-1-4-10(16)8(9)7-22-12-11(5-2-6-20-12)21-13(22)14(17,18)19/h1-6H,7H2. The molecule has 0 radical (unpaired) electrons. The number of aromatic nitrogens is 3. The van der Waals surface area contributed by atoms with Crippen LogP contribution in [0.5, 0.6) is 0 Å². The van der Waals surface area contributed by atoms with Crippen molar-refractivity contribution in [2.75, 3.05) is 0 Å². The highest BCUT2D eigenvalue weighted by atomic mass is 35.5. The lowest BCUT2D eigenvalue weighted by Crippen LogP contribution is -2.16. The molecule has 0 aliphatic heterocycles. The molecule has 3 aromatic rings. The minimum absolute atomic E-state index is 0.130. The third-order valence-corrected chi connectivity index (χ3v) is 3.84. The maximum Gasteiger partial charge on any atom is 0.449 e. The summed E-state index contributed by atoms with van der Waals surface area (Å²) >= 11 is 12.1. The van der Waals surface area contributed by atoms with Crippen molar-refractivity contribution in [2.24, 2.45) is 0 Å². The Morgan fingerprint density at radius 3 is 2.36 bits per heavy atom. The van der Waals surface area contributed by atoms with Crippen LogP contribution in [-0.4, -0.2) is 14.5 Å². The van der Waals surface area contributed by atoms with Gasteiger partial charge in [0.2, 0.25) is 5.82 Å². The Morgan fingerprint density at radius 1 is 1.05 bits per heavy atom. The summed E-state index contributed by atoms with van der Waals surface area (Å²) in [5.74, 6) is -1.03. The highest BCUT2D eigenvalue weighted by Gasteiger charge is 2.38. The molecule has 0 aliphatic rings. The number of rotatable bonds is 2. The number of hydrogen-bond acceptors (Lipinski definition) is 2. The van der Waals surface area contributed by atoms with Crippen LogP contribution in [0.2, 0.25) is 10.0 Å². The number of pyridine rings is 1. The van der Waals surface area contributed by atoms with Crippen LogP contribution in [0.4, 0.5) is 13.2 Å². The summed E-state index contributed by atoms with van der Waals surface area (Å²) in [6.45, 7) is -0.166. The fourth-order valence-corrected chi connectivity index (χ4v) is 2.68. The van der Waals surface area contributed by atoms with Gasteiger partial charge >= 0.3 is 6.18 Å². The first-order valence-corrected chi connectivity index (χ1v) is 6.95. The fourth-order valence-electron chi connectivity index (χ4n) is 2.17. The molecule has 3 nitrogen and oxygen atoms in total. The molecule has 0 aliphatic carbocycles. The average molecular weight is 346 g/mol. The topological polar surface area (TPSA) is 30.7 Å². The maximum atomic E-state index is 13.2. The van der Waals surface area contributed by atoms with Gasteiger partial charge in [0.25, 0.3) is 0 Å². The van der Waals surface area contributed by atoms with Gasteiger partial charge in [0.15, 0.2) is 5.65 Å². The molecule has 0 amide bonds. The van der Waals surface area contributed by atoms with Crippen molar-refractivity contribution in [3.8, 4) is 0 Å². The van der Waals surface area contributed by atoms with Gasteiger partial charge in [-0.15, -0.1) is 0 Å². The van der Waals surface area contributed by atoms with E-state index >= 15 is 0 Å². The molecular weight excluding hydrogens is 338 g/mol. The zero-order valence-corrected chi connectivity index (χ0v) is 12.4. The number of alkyl halides is 3. The van der Waals surface area contributed by atoms with Gasteiger partial charge in [-0.2, -0.15) is 13.2 Å². The molecule has 22 heavy (non-hydrogen) atoms. The molecular formula is C14H8Cl2F3N3. The predicted octanol–water partition coefficient (Wildman–Crippen LogP) is 4.81. The highest BCUT2D eigenvalue weighted by Crippen LogP contribution is 2.33. The van der Waals surface area contributed by atoms with Crippen molar-refractivity contribution in [1.29, 1.82) is 0 Å². The second-order valence-electron chi connectivity index (χ2n) is 4.57. The lowest BCUT2D eigenvalue weighted by Gasteiger charge is -2.13. The summed E-state index contributed by atoms with van der Waals surface area (Å²) in [7, 11) is 0. The highest BCUT2D eigenvalue weighted by molar-refractivity contribution is 6.36. The van der Waals surface area contributed by atoms with Crippen LogP contribution in [-0.2, 0) is 12.7 Å². The average Bonchev–Trinajstić information content (AvgIpc) is 2.82. The van der Waals surface area contributed by atoms with E-state index in [0.717, 1.165) is 4.57 Å². The Labute approximate surface area is 133 Å². The smallest absolute Gasteiger partial charge is 0.300 e. The molecule has 8 heteroatoms. The minimum atomic E-state index is -4.60. The molecule has 0 bridgehead atoms. The molecule has 2 aromatic heterocycles. The zero-order valence-electron chi connectivity index (χ0n) is 10.9. The molecule has 0 saturated carbocycles. The first-order valence-electron chi connectivity index (χ1n) is 6.19. The summed E-state index contributed by atoms with van der Waals surface area (Å²) in [5.41, 5.74) is 0.685. The second kappa shape index (κ2) is 5.44. The Bertz CT molecular complexity index is 823. The molecule has 1 aromatic carbocycles. The van der Waals surface area contributed by atoms with E-state index in [1.54, 1.807) is 18.2 Å². The first kappa shape index (κ1) is 15.1. The number of fused-ring (bicyclic) bond motifs is 1. The lowest BCUT2D eigenvalue weighted by molar-refractivity contribution is -0.146. The number of hydrogen-bond donors (Lipinski definition) is 0. The van der Waals surface area contributed by atoms with Crippen LogP contribution in [0.25, 0.3) is 11.2 Å². The van der Waals surface area contributed by atoms with E-state index in [1.807, 2.05) is 0 Å². The summed E-state index contributed by atoms with van der Waals surface area (Å²) < 4.78 is 40.6. The molecule has 3 rings (SSSR count). The summed E-state index contributed by atoms with van der Waals surface area (Å²) in [5, 5.41) is 0.580. The lowest BCUT2D eigenvalue weighted by atomic mass is 10.2. The molecule has 2 heterocycles. The van der Waals surface area contributed by atoms with Gasteiger partial charge in [-0.25, -0.2) is 9.97 Å². The Morgan fingerprint density at radius 2 is 1.73 bits per heavy atom. The zero-order chi connectivity index (χ0) is 15.9. The van der Waals surface area contributed by atoms with E-state index in [1.165, 1.54) is 18.3 Å². The predicted molar refractivity (Wildman–Crippen MR) is 78.1 cm³/mol. The van der Waals surface area contributed by atoms with E-state index < -0.39 is 12.0 Å². The monoisotopic (exact) mass is 345 g/mol. The molecule has 0 unspecified atom stereocenters. The normalized spacial score (nSPS) is 12.0. The van der Waals surface area contributed by atoms with Crippen LogP contribution in [0.1, 0.15) is 11.4 Å². The first-order chi connectivity index (χ1) is 10.4. The quantitative estimate of drug-likeness (QED) is 0.667. The van der Waals surface area contributed by atoms with Crippen molar-refractivity contribution in [2.45, 2.75) is 12.7 Å². The van der Waals surface area contributed by atoms with Gasteiger partial charge in [-0.05, 0) is 24.3 Å². The fraction of sp³-hybridized carbons (Fsp3) is 0.143. The largest absolute Gasteiger partial charge is 0.449 e. The van der Waals surface area contributed by atoms with Gasteiger partial charge in [0.1, 0.15) is 5.52 Å². The van der Waals surface area contributed by atoms with Gasteiger partial charge in [0.05, 0.1) is 6.54 Å². The molecule has 0 N–H and O–H groups in total. The second-order valence-corrected chi connectivity index (χ2v) is 5.38. The van der Waals surface area contributed by atoms with Crippen LogP contribution in [0.15, 0.2) is 36.5 Å². The molecule has 0 atom stereocenters. The summed E-state index contributed by atoms with van der Waals surface area (Å²) in [6.07, 6.45) is -3.19. The van der Waals surface area contributed by atoms with E-state index in [-0.39, 0.29) is 17.7 Å². The number of benzene rings is 1. The minimum Gasteiger partial charge on any atom is -0.300 e. The summed E-state index contributed by atoms with van der Waals surface area (Å²) in [6, 6.07) is 7.78. The Kier molecular flexibility index (Phi) is 3.74. The maximum absolute atomic E-state index is 13.2. The number of imidazole rings is 1. The van der Waals surface area contributed by atoms with Crippen LogP contribution < -0.4 is 0 Å². The van der Waals surface area contributed by atoms with Gasteiger partial charge in [0, 0.05) is 21.8 Å². The molecule has 0 fully saturated rings. The third-order valence-electron chi connectivity index (χ3n) is 3.14. The van der Waals surface area contributed by atoms with E-state index in [0.29, 0.717) is 15.6 Å². The molecule has 0 spiro atoms. The van der Waals surface area contributed by atoms with Crippen molar-refractivity contribution in [3.05, 3.63) is 58.0 Å². The molecule has 0 saturated heterocycles. The summed E-state index contributed by atoms with van der Waals surface area (Å²) in [4.78, 5) is 7.61. The van der Waals surface area contributed by atoms with E-state index in [9.17, 15) is 13.2 Å². The van der Waals surface area contributed by atoms with Crippen LogP contribution in [0.3, 0.4) is 0 Å². The van der Waals surface area contributed by atoms with Crippen LogP contribution in [0, 0.1) is 0 Å². The van der Waals surface area contributed by atoms with E-state index in [2.05, 4.69) is 9.97 Å². The van der Waals surface area contributed by atoms with Gasteiger partial charge in [-0.1, -0.05) is 29.3 Å². The van der Waals surface area contributed by atoms with Gasteiger partial charge in [-0.3, -0.25) is 0 Å². The Balaban J connectivity index is 2.21. The van der Waals surface area contributed by atoms with Crippen molar-refractivity contribution in [1.82, 2.24) is 14.5 Å². The van der Waals surface area contributed by atoms with Crippen molar-refractivity contribution >= 4 is 34.4 Å². The molecule has 114 valence electrons. The number of nitrogens with zero attached hydrogens (tertiary/aromatic N) is 3. The number of halogens is 5. The van der Waals surface area contributed by atoms with Crippen molar-refractivity contribution in [3.63, 3.8) is 0 Å².